The van der Waals surface area contributed by atoms with Gasteiger partial charge >= 0.3 is 0 Å². The standard InChI is InChI=1S/C20H30N6.HI/c1-2-22-20(23-11-15-26-14-10-21-17-26)24-19-8-12-25(13-9-19)16-18-6-4-3-5-7-18;/h3-7,10,14,17,19H,2,8-9,11-13,15-16H2,1H3,(H2,22,23,24);1H. The molecule has 1 aliphatic heterocycles. The minimum absolute atomic E-state index is 0. The van der Waals surface area contributed by atoms with Gasteiger partial charge in [-0.3, -0.25) is 9.89 Å². The van der Waals surface area contributed by atoms with Crippen molar-refractivity contribution in [3.63, 3.8) is 0 Å². The minimum atomic E-state index is 0. The number of rotatable bonds is 7. The highest BCUT2D eigenvalue weighted by Gasteiger charge is 2.19. The van der Waals surface area contributed by atoms with Gasteiger partial charge in [0.2, 0.25) is 0 Å². The zero-order valence-electron chi connectivity index (χ0n) is 16.1. The minimum Gasteiger partial charge on any atom is -0.357 e. The first-order chi connectivity index (χ1) is 12.8. The number of aromatic nitrogens is 2. The van der Waals surface area contributed by atoms with E-state index in [1.807, 2.05) is 12.5 Å². The molecule has 0 saturated carbocycles. The summed E-state index contributed by atoms with van der Waals surface area (Å²) in [6.07, 6.45) is 7.91. The third-order valence-corrected chi connectivity index (χ3v) is 4.71. The topological polar surface area (TPSA) is 57.5 Å². The Morgan fingerprint density at radius 2 is 2.00 bits per heavy atom. The van der Waals surface area contributed by atoms with E-state index in [0.717, 1.165) is 58.1 Å². The van der Waals surface area contributed by atoms with Gasteiger partial charge in [-0.05, 0) is 25.3 Å². The fraction of sp³-hybridized carbons (Fsp3) is 0.500. The SMILES string of the molecule is CCNC(=NCCn1ccnc1)NC1CCN(Cc2ccccc2)CC1.I. The molecule has 1 aromatic heterocycles. The molecular formula is C20H31IN6. The molecule has 7 heteroatoms. The number of halogens is 1. The number of guanidine groups is 1. The lowest BCUT2D eigenvalue weighted by molar-refractivity contribution is 0.198. The molecule has 0 bridgehead atoms. The van der Waals surface area contributed by atoms with Crippen LogP contribution in [0.5, 0.6) is 0 Å². The Balaban J connectivity index is 0.00000261. The van der Waals surface area contributed by atoms with Crippen molar-refractivity contribution in [2.24, 2.45) is 4.99 Å². The molecule has 148 valence electrons. The number of hydrogen-bond acceptors (Lipinski definition) is 3. The summed E-state index contributed by atoms with van der Waals surface area (Å²) in [4.78, 5) is 11.3. The number of likely N-dealkylation sites (tertiary alicyclic amines) is 1. The van der Waals surface area contributed by atoms with E-state index in [4.69, 9.17) is 4.99 Å². The van der Waals surface area contributed by atoms with Crippen molar-refractivity contribution in [2.45, 2.75) is 38.9 Å². The van der Waals surface area contributed by atoms with Crippen LogP contribution < -0.4 is 10.6 Å². The largest absolute Gasteiger partial charge is 0.357 e. The van der Waals surface area contributed by atoms with Crippen molar-refractivity contribution in [3.05, 3.63) is 54.6 Å². The van der Waals surface area contributed by atoms with Crippen molar-refractivity contribution >= 4 is 29.9 Å². The third-order valence-electron chi connectivity index (χ3n) is 4.71. The van der Waals surface area contributed by atoms with Gasteiger partial charge in [0.25, 0.3) is 0 Å². The lowest BCUT2D eigenvalue weighted by atomic mass is 10.0. The summed E-state index contributed by atoms with van der Waals surface area (Å²) in [5.74, 6) is 0.925. The van der Waals surface area contributed by atoms with Gasteiger partial charge in [0.05, 0.1) is 12.9 Å². The highest BCUT2D eigenvalue weighted by molar-refractivity contribution is 14.0. The summed E-state index contributed by atoms with van der Waals surface area (Å²) in [6, 6.07) is 11.2. The number of hydrogen-bond donors (Lipinski definition) is 2. The maximum absolute atomic E-state index is 4.70. The summed E-state index contributed by atoms with van der Waals surface area (Å²) in [5.41, 5.74) is 1.40. The molecule has 1 fully saturated rings. The van der Waals surface area contributed by atoms with Gasteiger partial charge < -0.3 is 15.2 Å². The molecule has 0 amide bonds. The molecule has 2 aromatic rings. The third kappa shape index (κ3) is 7.50. The smallest absolute Gasteiger partial charge is 0.191 e. The summed E-state index contributed by atoms with van der Waals surface area (Å²) >= 11 is 0. The van der Waals surface area contributed by atoms with Gasteiger partial charge in [-0.15, -0.1) is 24.0 Å². The maximum atomic E-state index is 4.70. The second-order valence-electron chi connectivity index (χ2n) is 6.74. The Labute approximate surface area is 179 Å². The average Bonchev–Trinajstić information content (AvgIpc) is 3.18. The molecule has 1 aromatic carbocycles. The first kappa shape index (κ1) is 21.7. The van der Waals surface area contributed by atoms with Crippen LogP contribution in [0, 0.1) is 0 Å². The monoisotopic (exact) mass is 482 g/mol. The number of aliphatic imine (C=N–C) groups is 1. The number of nitrogens with one attached hydrogen (secondary N) is 2. The Morgan fingerprint density at radius 1 is 1.22 bits per heavy atom. The number of nitrogens with zero attached hydrogens (tertiary/aromatic N) is 4. The predicted molar refractivity (Wildman–Crippen MR) is 121 cm³/mol. The molecular weight excluding hydrogens is 451 g/mol. The van der Waals surface area contributed by atoms with Crippen LogP contribution >= 0.6 is 24.0 Å². The van der Waals surface area contributed by atoms with Crippen LogP contribution in [-0.4, -0.2) is 52.6 Å². The molecule has 0 spiro atoms. The second kappa shape index (κ2) is 12.0. The Bertz CT molecular complexity index is 650. The van der Waals surface area contributed by atoms with E-state index < -0.39 is 0 Å². The number of benzene rings is 1. The molecule has 27 heavy (non-hydrogen) atoms. The first-order valence-electron chi connectivity index (χ1n) is 9.60. The molecule has 0 radical (unpaired) electrons. The molecule has 2 N–H and O–H groups in total. The Kier molecular flexibility index (Phi) is 9.61. The van der Waals surface area contributed by atoms with E-state index >= 15 is 0 Å². The predicted octanol–water partition coefficient (Wildman–Crippen LogP) is 2.72. The van der Waals surface area contributed by atoms with Gasteiger partial charge in [0.15, 0.2) is 5.96 Å². The van der Waals surface area contributed by atoms with E-state index in [9.17, 15) is 0 Å². The van der Waals surface area contributed by atoms with Crippen molar-refractivity contribution in [2.75, 3.05) is 26.2 Å². The van der Waals surface area contributed by atoms with Gasteiger partial charge in [0.1, 0.15) is 0 Å². The molecule has 6 nitrogen and oxygen atoms in total. The molecule has 0 unspecified atom stereocenters. The van der Waals surface area contributed by atoms with E-state index in [0.29, 0.717) is 6.04 Å². The lowest BCUT2D eigenvalue weighted by Gasteiger charge is -2.33. The number of piperidine rings is 1. The molecule has 1 saturated heterocycles. The van der Waals surface area contributed by atoms with E-state index in [-0.39, 0.29) is 24.0 Å². The Morgan fingerprint density at radius 3 is 2.67 bits per heavy atom. The van der Waals surface area contributed by atoms with Gasteiger partial charge in [0, 0.05) is 51.2 Å². The molecule has 0 aliphatic carbocycles. The van der Waals surface area contributed by atoms with Crippen LogP contribution in [0.4, 0.5) is 0 Å². The Hall–Kier alpha value is -1.61. The van der Waals surface area contributed by atoms with Crippen LogP contribution in [0.25, 0.3) is 0 Å². The fourth-order valence-corrected chi connectivity index (χ4v) is 3.29. The van der Waals surface area contributed by atoms with E-state index in [2.05, 4.69) is 62.3 Å². The van der Waals surface area contributed by atoms with E-state index in [1.54, 1.807) is 6.20 Å². The average molecular weight is 482 g/mol. The summed E-state index contributed by atoms with van der Waals surface area (Å²) in [7, 11) is 0. The summed E-state index contributed by atoms with van der Waals surface area (Å²) in [6.45, 7) is 7.89. The lowest BCUT2D eigenvalue weighted by Crippen LogP contribution is -2.48. The molecule has 3 rings (SSSR count). The highest BCUT2D eigenvalue weighted by atomic mass is 127. The summed E-state index contributed by atoms with van der Waals surface area (Å²) in [5, 5.41) is 6.97. The van der Waals surface area contributed by atoms with Gasteiger partial charge in [-0.25, -0.2) is 4.98 Å². The quantitative estimate of drug-likeness (QED) is 0.362. The zero-order valence-corrected chi connectivity index (χ0v) is 18.4. The molecule has 0 atom stereocenters. The van der Waals surface area contributed by atoms with Gasteiger partial charge in [-0.2, -0.15) is 0 Å². The van der Waals surface area contributed by atoms with Crippen LogP contribution in [-0.2, 0) is 13.1 Å². The highest BCUT2D eigenvalue weighted by Crippen LogP contribution is 2.13. The normalized spacial score (nSPS) is 16.0. The zero-order chi connectivity index (χ0) is 18.0. The second-order valence-corrected chi connectivity index (χ2v) is 6.74. The van der Waals surface area contributed by atoms with Crippen molar-refractivity contribution in [1.29, 1.82) is 0 Å². The maximum Gasteiger partial charge on any atom is 0.191 e. The summed E-state index contributed by atoms with van der Waals surface area (Å²) < 4.78 is 2.05. The van der Waals surface area contributed by atoms with Crippen LogP contribution in [0.15, 0.2) is 54.0 Å². The van der Waals surface area contributed by atoms with Crippen molar-refractivity contribution < 1.29 is 0 Å². The first-order valence-corrected chi connectivity index (χ1v) is 9.60. The molecule has 2 heterocycles. The van der Waals surface area contributed by atoms with Crippen molar-refractivity contribution in [1.82, 2.24) is 25.1 Å². The van der Waals surface area contributed by atoms with Gasteiger partial charge in [-0.1, -0.05) is 30.3 Å². The van der Waals surface area contributed by atoms with Crippen LogP contribution in [0.2, 0.25) is 0 Å². The number of imidazole rings is 1. The molecule has 1 aliphatic rings. The van der Waals surface area contributed by atoms with Crippen LogP contribution in [0.3, 0.4) is 0 Å². The fourth-order valence-electron chi connectivity index (χ4n) is 3.29. The van der Waals surface area contributed by atoms with Crippen LogP contribution in [0.1, 0.15) is 25.3 Å². The van der Waals surface area contributed by atoms with E-state index in [1.165, 1.54) is 5.56 Å². The van der Waals surface area contributed by atoms with Crippen molar-refractivity contribution in [3.8, 4) is 0 Å².